The smallest absolute Gasteiger partial charge is 0.226 e. The van der Waals surface area contributed by atoms with Gasteiger partial charge in [0.1, 0.15) is 5.82 Å². The van der Waals surface area contributed by atoms with E-state index in [2.05, 4.69) is 5.32 Å². The van der Waals surface area contributed by atoms with Gasteiger partial charge < -0.3 is 10.2 Å². The first kappa shape index (κ1) is 19.2. The first-order valence-corrected chi connectivity index (χ1v) is 8.32. The maximum atomic E-state index is 13.1. The van der Waals surface area contributed by atoms with Gasteiger partial charge in [0.2, 0.25) is 11.8 Å². The molecule has 0 aromatic heterocycles. The molecule has 0 unspecified atom stereocenters. The number of anilines is 2. The zero-order valence-corrected chi connectivity index (χ0v) is 15.3. The van der Waals surface area contributed by atoms with Gasteiger partial charge in [0, 0.05) is 36.3 Å². The summed E-state index contributed by atoms with van der Waals surface area (Å²) < 4.78 is 13.1. The second kappa shape index (κ2) is 8.32. The SMILES string of the molecule is CC(=O)N(CCC(=O)Nc1ccc(F)c(Cl)c1)c1ccc(C)c(Cl)c1. The Kier molecular flexibility index (Phi) is 6.39. The van der Waals surface area contributed by atoms with Gasteiger partial charge in [-0.15, -0.1) is 0 Å². The van der Waals surface area contributed by atoms with Gasteiger partial charge in [-0.25, -0.2) is 4.39 Å². The Morgan fingerprint density at radius 3 is 2.44 bits per heavy atom. The Bertz CT molecular complexity index is 812. The van der Waals surface area contributed by atoms with E-state index in [9.17, 15) is 14.0 Å². The summed E-state index contributed by atoms with van der Waals surface area (Å²) in [5.41, 5.74) is 1.92. The summed E-state index contributed by atoms with van der Waals surface area (Å²) in [4.78, 5) is 25.4. The normalized spacial score (nSPS) is 10.4. The topological polar surface area (TPSA) is 49.4 Å². The van der Waals surface area contributed by atoms with Crippen LogP contribution in [0, 0.1) is 12.7 Å². The van der Waals surface area contributed by atoms with Crippen LogP contribution in [-0.2, 0) is 9.59 Å². The van der Waals surface area contributed by atoms with Gasteiger partial charge in [0.15, 0.2) is 0 Å². The summed E-state index contributed by atoms with van der Waals surface area (Å²) in [6.07, 6.45) is 0.0695. The Balaban J connectivity index is 2.02. The maximum Gasteiger partial charge on any atom is 0.226 e. The molecule has 7 heteroatoms. The number of benzene rings is 2. The van der Waals surface area contributed by atoms with Crippen LogP contribution in [0.25, 0.3) is 0 Å². The monoisotopic (exact) mass is 382 g/mol. The molecule has 2 aromatic rings. The molecule has 2 amide bonds. The van der Waals surface area contributed by atoms with Gasteiger partial charge in [0.25, 0.3) is 0 Å². The van der Waals surface area contributed by atoms with Gasteiger partial charge in [-0.2, -0.15) is 0 Å². The highest BCUT2D eigenvalue weighted by atomic mass is 35.5. The number of carbonyl (C=O) groups is 2. The van der Waals surface area contributed by atoms with E-state index in [0.717, 1.165) is 5.56 Å². The number of rotatable bonds is 5. The average molecular weight is 383 g/mol. The fraction of sp³-hybridized carbons (Fsp3) is 0.222. The molecule has 132 valence electrons. The van der Waals surface area contributed by atoms with Crippen LogP contribution in [0.5, 0.6) is 0 Å². The van der Waals surface area contributed by atoms with Crippen LogP contribution in [-0.4, -0.2) is 18.4 Å². The van der Waals surface area contributed by atoms with Crippen molar-refractivity contribution in [1.29, 1.82) is 0 Å². The van der Waals surface area contributed by atoms with Gasteiger partial charge in [-0.1, -0.05) is 29.3 Å². The Labute approximate surface area is 155 Å². The number of halogens is 3. The van der Waals surface area contributed by atoms with Crippen LogP contribution in [0.4, 0.5) is 15.8 Å². The molecule has 2 aromatic carbocycles. The number of hydrogen-bond acceptors (Lipinski definition) is 2. The Hall–Kier alpha value is -2.11. The molecule has 0 spiro atoms. The van der Waals surface area contributed by atoms with Gasteiger partial charge in [-0.3, -0.25) is 9.59 Å². The van der Waals surface area contributed by atoms with Crippen LogP contribution in [0.2, 0.25) is 10.0 Å². The lowest BCUT2D eigenvalue weighted by Gasteiger charge is -2.21. The maximum absolute atomic E-state index is 13.1. The highest BCUT2D eigenvalue weighted by molar-refractivity contribution is 6.31. The van der Waals surface area contributed by atoms with Crippen LogP contribution in [0.3, 0.4) is 0 Å². The lowest BCUT2D eigenvalue weighted by Crippen LogP contribution is -2.32. The number of nitrogens with zero attached hydrogens (tertiary/aromatic N) is 1. The summed E-state index contributed by atoms with van der Waals surface area (Å²) >= 11 is 11.8. The number of aryl methyl sites for hydroxylation is 1. The molecule has 0 heterocycles. The van der Waals surface area contributed by atoms with Crippen LogP contribution in [0.15, 0.2) is 36.4 Å². The minimum atomic E-state index is -0.557. The molecule has 0 bridgehead atoms. The van der Waals surface area contributed by atoms with E-state index in [0.29, 0.717) is 16.4 Å². The highest BCUT2D eigenvalue weighted by Crippen LogP contribution is 2.24. The van der Waals surface area contributed by atoms with E-state index < -0.39 is 5.82 Å². The Morgan fingerprint density at radius 2 is 1.84 bits per heavy atom. The van der Waals surface area contributed by atoms with E-state index >= 15 is 0 Å². The quantitative estimate of drug-likeness (QED) is 0.805. The second-order valence-corrected chi connectivity index (χ2v) is 6.35. The van der Waals surface area contributed by atoms with E-state index in [-0.39, 0.29) is 29.8 Å². The number of hydrogen-bond donors (Lipinski definition) is 1. The number of nitrogens with one attached hydrogen (secondary N) is 1. The molecule has 0 aliphatic heterocycles. The summed E-state index contributed by atoms with van der Waals surface area (Å²) in [5, 5.41) is 3.10. The molecule has 0 saturated carbocycles. The molecule has 0 atom stereocenters. The highest BCUT2D eigenvalue weighted by Gasteiger charge is 2.15. The minimum absolute atomic E-state index is 0.0695. The summed E-state index contributed by atoms with van der Waals surface area (Å²) in [6.45, 7) is 3.48. The molecular weight excluding hydrogens is 366 g/mol. The van der Waals surface area contributed by atoms with Gasteiger partial charge in [0.05, 0.1) is 5.02 Å². The molecule has 1 N–H and O–H groups in total. The van der Waals surface area contributed by atoms with Crippen molar-refractivity contribution in [2.45, 2.75) is 20.3 Å². The molecule has 0 radical (unpaired) electrons. The second-order valence-electron chi connectivity index (χ2n) is 5.53. The molecule has 4 nitrogen and oxygen atoms in total. The third kappa shape index (κ3) is 5.18. The molecule has 0 saturated heterocycles. The molecule has 0 aliphatic carbocycles. The van der Waals surface area contributed by atoms with E-state index in [4.69, 9.17) is 23.2 Å². The van der Waals surface area contributed by atoms with Crippen molar-refractivity contribution >= 4 is 46.4 Å². The van der Waals surface area contributed by atoms with Crippen molar-refractivity contribution in [3.63, 3.8) is 0 Å². The van der Waals surface area contributed by atoms with Gasteiger partial charge in [-0.05, 0) is 42.8 Å². The first-order valence-electron chi connectivity index (χ1n) is 7.57. The predicted octanol–water partition coefficient (Wildman–Crippen LogP) is 4.82. The van der Waals surface area contributed by atoms with Gasteiger partial charge >= 0.3 is 0 Å². The predicted molar refractivity (Wildman–Crippen MR) is 98.9 cm³/mol. The lowest BCUT2D eigenvalue weighted by molar-refractivity contribution is -0.117. The van der Waals surface area contributed by atoms with E-state index in [1.165, 1.54) is 30.0 Å². The number of carbonyl (C=O) groups excluding carboxylic acids is 2. The summed E-state index contributed by atoms with van der Waals surface area (Å²) in [7, 11) is 0. The van der Waals surface area contributed by atoms with Crippen LogP contribution < -0.4 is 10.2 Å². The standard InChI is InChI=1S/C18H17Cl2FN2O2/c1-11-3-5-14(10-15(11)19)23(12(2)24)8-7-18(25)22-13-4-6-17(21)16(20)9-13/h3-6,9-10H,7-8H2,1-2H3,(H,22,25). The molecule has 0 aliphatic rings. The summed E-state index contributed by atoms with van der Waals surface area (Å²) in [5.74, 6) is -1.07. The van der Waals surface area contributed by atoms with Crippen molar-refractivity contribution in [3.8, 4) is 0 Å². The van der Waals surface area contributed by atoms with Crippen molar-refractivity contribution in [3.05, 3.63) is 57.8 Å². The lowest BCUT2D eigenvalue weighted by atomic mass is 10.2. The first-order chi connectivity index (χ1) is 11.8. The zero-order chi connectivity index (χ0) is 18.6. The van der Waals surface area contributed by atoms with E-state index in [1.807, 2.05) is 13.0 Å². The van der Waals surface area contributed by atoms with E-state index in [1.54, 1.807) is 12.1 Å². The van der Waals surface area contributed by atoms with Crippen molar-refractivity contribution in [1.82, 2.24) is 0 Å². The fourth-order valence-corrected chi connectivity index (χ4v) is 2.58. The van der Waals surface area contributed by atoms with Crippen LogP contribution >= 0.6 is 23.2 Å². The molecular formula is C18H17Cl2FN2O2. The molecule has 25 heavy (non-hydrogen) atoms. The third-order valence-electron chi connectivity index (χ3n) is 3.61. The molecule has 2 rings (SSSR count). The summed E-state index contributed by atoms with van der Waals surface area (Å²) in [6, 6.07) is 9.21. The van der Waals surface area contributed by atoms with Crippen molar-refractivity contribution in [2.75, 3.05) is 16.8 Å². The molecule has 0 fully saturated rings. The Morgan fingerprint density at radius 1 is 1.12 bits per heavy atom. The average Bonchev–Trinajstić information content (AvgIpc) is 2.54. The zero-order valence-electron chi connectivity index (χ0n) is 13.8. The third-order valence-corrected chi connectivity index (χ3v) is 4.31. The van der Waals surface area contributed by atoms with Crippen LogP contribution in [0.1, 0.15) is 18.9 Å². The number of amides is 2. The largest absolute Gasteiger partial charge is 0.326 e. The fourth-order valence-electron chi connectivity index (χ4n) is 2.23. The van der Waals surface area contributed by atoms with Crippen molar-refractivity contribution in [2.24, 2.45) is 0 Å². The minimum Gasteiger partial charge on any atom is -0.326 e. The van der Waals surface area contributed by atoms with Crippen molar-refractivity contribution < 1.29 is 14.0 Å².